The molecule has 0 radical (unpaired) electrons. The maximum atomic E-state index is 12.5. The second-order valence-corrected chi connectivity index (χ2v) is 6.73. The Balaban J connectivity index is 0.000000161. The van der Waals surface area contributed by atoms with Gasteiger partial charge in [0, 0.05) is 38.1 Å². The number of nitrogens with two attached hydrogens (primary N) is 3. The van der Waals surface area contributed by atoms with Crippen molar-refractivity contribution in [2.75, 3.05) is 17.2 Å². The lowest BCUT2D eigenvalue weighted by Crippen LogP contribution is -2.25. The Bertz CT molecular complexity index is 1050. The Kier molecular flexibility index (Phi) is 6.11. The highest BCUT2D eigenvalue weighted by molar-refractivity contribution is 5.65. The molecular formula is C16H21FN10O2. The summed E-state index contributed by atoms with van der Waals surface area (Å²) in [5, 5.41) is 17.2. The largest absolute Gasteiger partial charge is 0.382 e. The van der Waals surface area contributed by atoms with Crippen LogP contribution in [0.25, 0.3) is 11.0 Å². The van der Waals surface area contributed by atoms with Gasteiger partial charge in [-0.2, -0.15) is 14.4 Å². The third kappa shape index (κ3) is 5.47. The van der Waals surface area contributed by atoms with Crippen LogP contribution in [0.2, 0.25) is 0 Å². The molecule has 154 valence electrons. The number of nitrogen functional groups attached to an aromatic ring is 3. The monoisotopic (exact) mass is 404 g/mol. The third-order valence-electron chi connectivity index (χ3n) is 3.38. The standard InChI is InChI=1S/C6H5FN4.C6H7N5.C4H9NO2/c7-6-9-5(8)4-2-1-3-11(4)10-6;7-5-4-2-1-3-11(4)10-6(8)9-5;1-4(2,3)5(6)7/h1-3H,(H2,8,9,10);1-3H,(H4,7,8,9,10);1-3H3. The molecule has 4 aromatic rings. The van der Waals surface area contributed by atoms with Crippen molar-refractivity contribution in [1.82, 2.24) is 29.2 Å². The average molecular weight is 404 g/mol. The normalized spacial score (nSPS) is 10.8. The maximum Gasteiger partial charge on any atom is 0.327 e. The van der Waals surface area contributed by atoms with Gasteiger partial charge < -0.3 is 17.2 Å². The highest BCUT2D eigenvalue weighted by Gasteiger charge is 2.21. The van der Waals surface area contributed by atoms with Gasteiger partial charge in [-0.1, -0.05) is 0 Å². The SMILES string of the molecule is CC(C)(C)[N+](=O)[O-].Nc1nc(F)nn2cccc12.Nc1nc(N)c2cccn2n1. The second kappa shape index (κ2) is 8.33. The highest BCUT2D eigenvalue weighted by atomic mass is 19.1. The van der Waals surface area contributed by atoms with E-state index in [1.165, 1.54) is 4.52 Å². The molecule has 4 aromatic heterocycles. The maximum absolute atomic E-state index is 12.5. The van der Waals surface area contributed by atoms with E-state index in [9.17, 15) is 14.5 Å². The molecule has 0 amide bonds. The predicted octanol–water partition coefficient (Wildman–Crippen LogP) is 1.41. The molecule has 0 aliphatic heterocycles. The lowest BCUT2D eigenvalue weighted by molar-refractivity contribution is -0.555. The van der Waals surface area contributed by atoms with Gasteiger partial charge in [-0.05, 0) is 24.3 Å². The van der Waals surface area contributed by atoms with E-state index in [-0.39, 0.29) is 16.7 Å². The molecule has 0 aromatic carbocycles. The van der Waals surface area contributed by atoms with E-state index in [4.69, 9.17) is 17.2 Å². The molecular weight excluding hydrogens is 383 g/mol. The number of halogens is 1. The van der Waals surface area contributed by atoms with Gasteiger partial charge in [0.1, 0.15) is 11.0 Å². The summed E-state index contributed by atoms with van der Waals surface area (Å²) in [7, 11) is 0. The fourth-order valence-electron chi connectivity index (χ4n) is 1.91. The van der Waals surface area contributed by atoms with Crippen LogP contribution in [0.1, 0.15) is 20.8 Å². The number of hydrogen-bond acceptors (Lipinski definition) is 9. The Morgan fingerprint density at radius 3 is 1.90 bits per heavy atom. The van der Waals surface area contributed by atoms with E-state index in [0.29, 0.717) is 11.3 Å². The van der Waals surface area contributed by atoms with E-state index < -0.39 is 11.6 Å². The minimum Gasteiger partial charge on any atom is -0.382 e. The molecule has 0 aliphatic carbocycles. The third-order valence-corrected chi connectivity index (χ3v) is 3.38. The van der Waals surface area contributed by atoms with Crippen molar-refractivity contribution in [3.05, 3.63) is 52.9 Å². The molecule has 29 heavy (non-hydrogen) atoms. The molecule has 6 N–H and O–H groups in total. The molecule has 13 heteroatoms. The second-order valence-electron chi connectivity index (χ2n) is 6.73. The van der Waals surface area contributed by atoms with Gasteiger partial charge >= 0.3 is 6.08 Å². The summed E-state index contributed by atoms with van der Waals surface area (Å²) in [5.41, 5.74) is 16.9. The molecule has 0 atom stereocenters. The summed E-state index contributed by atoms with van der Waals surface area (Å²) >= 11 is 0. The molecule has 0 fully saturated rings. The van der Waals surface area contributed by atoms with E-state index in [1.807, 2.05) is 12.1 Å². The molecule has 12 nitrogen and oxygen atoms in total. The van der Waals surface area contributed by atoms with Crippen LogP contribution in [0, 0.1) is 16.2 Å². The van der Waals surface area contributed by atoms with Crippen molar-refractivity contribution in [1.29, 1.82) is 0 Å². The Hall–Kier alpha value is -4.03. The number of anilines is 3. The summed E-state index contributed by atoms with van der Waals surface area (Å²) in [4.78, 5) is 16.7. The van der Waals surface area contributed by atoms with Gasteiger partial charge in [-0.3, -0.25) is 10.1 Å². The Labute approximate surface area is 164 Å². The zero-order valence-corrected chi connectivity index (χ0v) is 16.0. The van der Waals surface area contributed by atoms with Crippen molar-refractivity contribution in [3.8, 4) is 0 Å². The van der Waals surface area contributed by atoms with Crippen LogP contribution in [0.15, 0.2) is 36.7 Å². The molecule has 4 heterocycles. The average Bonchev–Trinajstić information content (AvgIpc) is 3.24. The number of nitro groups is 1. The van der Waals surface area contributed by atoms with E-state index >= 15 is 0 Å². The van der Waals surface area contributed by atoms with Crippen LogP contribution in [0.4, 0.5) is 22.0 Å². The fraction of sp³-hybridized carbons (Fsp3) is 0.250. The molecule has 0 bridgehead atoms. The van der Waals surface area contributed by atoms with Crippen LogP contribution in [0.5, 0.6) is 0 Å². The predicted molar refractivity (Wildman–Crippen MR) is 106 cm³/mol. The first-order valence-corrected chi connectivity index (χ1v) is 8.26. The summed E-state index contributed by atoms with van der Waals surface area (Å²) in [5.74, 6) is 0.746. The fourth-order valence-corrected chi connectivity index (χ4v) is 1.91. The summed E-state index contributed by atoms with van der Waals surface area (Å²) in [6.07, 6.45) is 2.56. The molecule has 0 saturated carbocycles. The van der Waals surface area contributed by atoms with Crippen LogP contribution in [-0.4, -0.2) is 39.7 Å². The molecule has 0 saturated heterocycles. The molecule has 4 rings (SSSR count). The molecule has 0 aliphatic rings. The summed E-state index contributed by atoms with van der Waals surface area (Å²) in [6, 6.07) is 7.10. The minimum atomic E-state index is -0.814. The molecule has 0 spiro atoms. The number of rotatable bonds is 0. The first-order chi connectivity index (χ1) is 13.5. The van der Waals surface area contributed by atoms with E-state index in [1.54, 1.807) is 49.8 Å². The quantitative estimate of drug-likeness (QED) is 0.288. The van der Waals surface area contributed by atoms with Gasteiger partial charge in [0.15, 0.2) is 11.6 Å². The number of aromatic nitrogens is 6. The van der Waals surface area contributed by atoms with Gasteiger partial charge in [-0.25, -0.2) is 9.03 Å². The number of hydrogen-bond donors (Lipinski definition) is 3. The topological polar surface area (TPSA) is 182 Å². The Morgan fingerprint density at radius 2 is 1.41 bits per heavy atom. The zero-order valence-electron chi connectivity index (χ0n) is 16.0. The molecule has 0 unspecified atom stereocenters. The lowest BCUT2D eigenvalue weighted by atomic mass is 10.1. The summed E-state index contributed by atoms with van der Waals surface area (Å²) < 4.78 is 15.4. The van der Waals surface area contributed by atoms with Gasteiger partial charge in [0.05, 0.1) is 0 Å². The van der Waals surface area contributed by atoms with E-state index in [0.717, 1.165) is 5.52 Å². The van der Waals surface area contributed by atoms with Crippen molar-refractivity contribution >= 4 is 28.6 Å². The van der Waals surface area contributed by atoms with Crippen molar-refractivity contribution in [2.24, 2.45) is 0 Å². The van der Waals surface area contributed by atoms with Gasteiger partial charge in [-0.15, -0.1) is 10.2 Å². The summed E-state index contributed by atoms with van der Waals surface area (Å²) in [6.45, 7) is 4.69. The zero-order chi connectivity index (χ0) is 21.8. The Morgan fingerprint density at radius 1 is 0.966 bits per heavy atom. The first-order valence-electron chi connectivity index (χ1n) is 8.26. The van der Waals surface area contributed by atoms with E-state index in [2.05, 4.69) is 20.2 Å². The van der Waals surface area contributed by atoms with Crippen LogP contribution >= 0.6 is 0 Å². The first kappa shape index (κ1) is 21.3. The van der Waals surface area contributed by atoms with Gasteiger partial charge in [0.25, 0.3) is 0 Å². The minimum absolute atomic E-state index is 0.155. The van der Waals surface area contributed by atoms with Gasteiger partial charge in [0.2, 0.25) is 11.5 Å². The van der Waals surface area contributed by atoms with Crippen LogP contribution in [-0.2, 0) is 0 Å². The van der Waals surface area contributed by atoms with Crippen molar-refractivity contribution in [3.63, 3.8) is 0 Å². The van der Waals surface area contributed by atoms with Crippen LogP contribution in [0.3, 0.4) is 0 Å². The highest BCUT2D eigenvalue weighted by Crippen LogP contribution is 2.10. The van der Waals surface area contributed by atoms with Crippen molar-refractivity contribution < 1.29 is 9.31 Å². The smallest absolute Gasteiger partial charge is 0.327 e. The number of nitrogens with zero attached hydrogens (tertiary/aromatic N) is 7. The lowest BCUT2D eigenvalue weighted by Gasteiger charge is -2.05. The van der Waals surface area contributed by atoms with Crippen LogP contribution < -0.4 is 17.2 Å². The number of fused-ring (bicyclic) bond motifs is 2. The van der Waals surface area contributed by atoms with Crippen molar-refractivity contribution in [2.45, 2.75) is 26.3 Å².